The van der Waals surface area contributed by atoms with Crippen molar-refractivity contribution >= 4 is 33.1 Å². The molecule has 1 aliphatic rings. The summed E-state index contributed by atoms with van der Waals surface area (Å²) in [5, 5.41) is 9.53. The first-order chi connectivity index (χ1) is 8.84. The van der Waals surface area contributed by atoms with Gasteiger partial charge in [-0.1, -0.05) is 23.7 Å². The van der Waals surface area contributed by atoms with Gasteiger partial charge in [0.15, 0.2) is 0 Å². The van der Waals surface area contributed by atoms with Crippen molar-refractivity contribution in [3.05, 3.63) is 50.5 Å². The molecule has 0 unspecified atom stereocenters. The van der Waals surface area contributed by atoms with Crippen LogP contribution >= 0.6 is 27.5 Å². The fourth-order valence-corrected chi connectivity index (χ4v) is 2.68. The van der Waals surface area contributed by atoms with Crippen LogP contribution in [0.1, 0.15) is 12.0 Å². The van der Waals surface area contributed by atoms with E-state index in [0.29, 0.717) is 16.2 Å². The Hall–Kier alpha value is -1.25. The SMILES string of the molecule is N#CC1=C(c2ccc(Cl)cc2)CC(C(F)(F)F)=C1Br. The van der Waals surface area contributed by atoms with Crippen LogP contribution in [0.5, 0.6) is 0 Å². The molecule has 0 radical (unpaired) electrons. The molecule has 0 amide bonds. The molecule has 0 aromatic heterocycles. The predicted molar refractivity (Wildman–Crippen MR) is 70.6 cm³/mol. The highest BCUT2D eigenvalue weighted by molar-refractivity contribution is 9.12. The van der Waals surface area contributed by atoms with Crippen LogP contribution in [0.2, 0.25) is 5.02 Å². The van der Waals surface area contributed by atoms with Gasteiger partial charge in [0.05, 0.1) is 11.1 Å². The molecule has 0 saturated carbocycles. The third-order valence-corrected chi connectivity index (χ3v) is 3.91. The maximum Gasteiger partial charge on any atom is 0.414 e. The van der Waals surface area contributed by atoms with E-state index >= 15 is 0 Å². The number of benzene rings is 1. The van der Waals surface area contributed by atoms with Crippen LogP contribution in [0.3, 0.4) is 0 Å². The maximum atomic E-state index is 12.8. The van der Waals surface area contributed by atoms with Gasteiger partial charge in [-0.2, -0.15) is 18.4 Å². The van der Waals surface area contributed by atoms with E-state index in [9.17, 15) is 13.2 Å². The quantitative estimate of drug-likeness (QED) is 0.681. The minimum absolute atomic E-state index is 0.0228. The second-order valence-electron chi connectivity index (χ2n) is 3.94. The molecule has 0 spiro atoms. The van der Waals surface area contributed by atoms with Gasteiger partial charge in [0.2, 0.25) is 0 Å². The van der Waals surface area contributed by atoms with Crippen molar-refractivity contribution in [2.75, 3.05) is 0 Å². The number of nitriles is 1. The summed E-state index contributed by atoms with van der Waals surface area (Å²) in [5.41, 5.74) is 0.221. The van der Waals surface area contributed by atoms with Crippen LogP contribution < -0.4 is 0 Å². The van der Waals surface area contributed by atoms with Crippen molar-refractivity contribution in [2.45, 2.75) is 12.6 Å². The van der Waals surface area contributed by atoms with Crippen LogP contribution in [0.15, 0.2) is 39.9 Å². The van der Waals surface area contributed by atoms with Gasteiger partial charge in [0, 0.05) is 15.9 Å². The highest BCUT2D eigenvalue weighted by Crippen LogP contribution is 2.47. The molecule has 0 bridgehead atoms. The van der Waals surface area contributed by atoms with E-state index in [1.165, 1.54) is 0 Å². The summed E-state index contributed by atoms with van der Waals surface area (Å²) in [5.74, 6) is 0. The first-order valence-corrected chi connectivity index (χ1v) is 6.37. The fraction of sp³-hybridized carbons (Fsp3) is 0.154. The van der Waals surface area contributed by atoms with Crippen LogP contribution in [0.25, 0.3) is 5.57 Å². The van der Waals surface area contributed by atoms with E-state index in [1.54, 1.807) is 24.3 Å². The summed E-state index contributed by atoms with van der Waals surface area (Å²) in [4.78, 5) is 0. The van der Waals surface area contributed by atoms with Crippen molar-refractivity contribution < 1.29 is 13.2 Å². The molecule has 6 heteroatoms. The molecule has 0 atom stereocenters. The van der Waals surface area contributed by atoms with Gasteiger partial charge in [-0.25, -0.2) is 0 Å². The van der Waals surface area contributed by atoms with Gasteiger partial charge in [-0.05, 0) is 39.2 Å². The van der Waals surface area contributed by atoms with E-state index in [4.69, 9.17) is 16.9 Å². The zero-order valence-corrected chi connectivity index (χ0v) is 11.7. The molecule has 0 fully saturated rings. The van der Waals surface area contributed by atoms with E-state index in [2.05, 4.69) is 15.9 Å². The lowest BCUT2D eigenvalue weighted by molar-refractivity contribution is -0.0925. The Morgan fingerprint density at radius 3 is 2.26 bits per heavy atom. The lowest BCUT2D eigenvalue weighted by atomic mass is 10.0. The summed E-state index contributed by atoms with van der Waals surface area (Å²) in [6.45, 7) is 0. The van der Waals surface area contributed by atoms with E-state index in [1.807, 2.05) is 6.07 Å². The average molecular weight is 349 g/mol. The second kappa shape index (κ2) is 5.03. The molecule has 19 heavy (non-hydrogen) atoms. The van der Waals surface area contributed by atoms with Crippen molar-refractivity contribution in [2.24, 2.45) is 0 Å². The molecule has 1 nitrogen and oxygen atoms in total. The largest absolute Gasteiger partial charge is 0.414 e. The third-order valence-electron chi connectivity index (χ3n) is 2.79. The van der Waals surface area contributed by atoms with Crippen LogP contribution in [-0.4, -0.2) is 6.18 Å². The van der Waals surface area contributed by atoms with Gasteiger partial charge < -0.3 is 0 Å². The lowest BCUT2D eigenvalue weighted by Gasteiger charge is -2.09. The van der Waals surface area contributed by atoms with Gasteiger partial charge in [-0.15, -0.1) is 0 Å². The smallest absolute Gasteiger partial charge is 0.192 e. The van der Waals surface area contributed by atoms with Crippen molar-refractivity contribution in [1.82, 2.24) is 0 Å². The standard InChI is InChI=1S/C13H6BrClF3N/c14-12-10(6-19)9(5-11(12)13(16,17)18)7-1-3-8(15)4-2-7/h1-4H,5H2. The van der Waals surface area contributed by atoms with Crippen LogP contribution in [-0.2, 0) is 0 Å². The zero-order valence-electron chi connectivity index (χ0n) is 9.35. The molecule has 1 aromatic carbocycles. The number of allylic oxidation sites excluding steroid dienone is 4. The Morgan fingerprint density at radius 2 is 1.79 bits per heavy atom. The Bertz CT molecular complexity index is 621. The van der Waals surface area contributed by atoms with Crippen molar-refractivity contribution in [1.29, 1.82) is 5.26 Å². The molecule has 1 aromatic rings. The fourth-order valence-electron chi connectivity index (χ4n) is 1.86. The van der Waals surface area contributed by atoms with Gasteiger partial charge in [-0.3, -0.25) is 0 Å². The Morgan fingerprint density at radius 1 is 1.21 bits per heavy atom. The highest BCUT2D eigenvalue weighted by Gasteiger charge is 2.41. The summed E-state index contributed by atoms with van der Waals surface area (Å²) in [7, 11) is 0. The molecule has 0 N–H and O–H groups in total. The molecular formula is C13H6BrClF3N. The second-order valence-corrected chi connectivity index (χ2v) is 5.17. The number of halogens is 5. The monoisotopic (exact) mass is 347 g/mol. The summed E-state index contributed by atoms with van der Waals surface area (Å²) in [6, 6.07) is 8.20. The van der Waals surface area contributed by atoms with Crippen LogP contribution in [0.4, 0.5) is 13.2 Å². The molecule has 0 aliphatic heterocycles. The van der Waals surface area contributed by atoms with Gasteiger partial charge in [0.1, 0.15) is 6.07 Å². The number of alkyl halides is 3. The molecule has 98 valence electrons. The van der Waals surface area contributed by atoms with Gasteiger partial charge >= 0.3 is 6.18 Å². The molecule has 0 heterocycles. The van der Waals surface area contributed by atoms with E-state index < -0.39 is 11.7 Å². The lowest BCUT2D eigenvalue weighted by Crippen LogP contribution is -2.11. The predicted octanol–water partition coefficient (Wildman–Crippen LogP) is 5.23. The first-order valence-electron chi connectivity index (χ1n) is 5.20. The highest BCUT2D eigenvalue weighted by atomic mass is 79.9. The summed E-state index contributed by atoms with van der Waals surface area (Å²) < 4.78 is 38.3. The number of rotatable bonds is 1. The Labute approximate surface area is 121 Å². The van der Waals surface area contributed by atoms with E-state index in [-0.39, 0.29) is 16.5 Å². The number of nitrogens with zero attached hydrogens (tertiary/aromatic N) is 1. The summed E-state index contributed by atoms with van der Waals surface area (Å²) in [6.07, 6.45) is -4.76. The van der Waals surface area contributed by atoms with Gasteiger partial charge in [0.25, 0.3) is 0 Å². The topological polar surface area (TPSA) is 23.8 Å². The molecule has 2 rings (SSSR count). The Balaban J connectivity index is 2.48. The average Bonchev–Trinajstić information content (AvgIpc) is 2.67. The number of hydrogen-bond acceptors (Lipinski definition) is 1. The van der Waals surface area contributed by atoms with Crippen molar-refractivity contribution in [3.8, 4) is 6.07 Å². The zero-order chi connectivity index (χ0) is 14.2. The minimum atomic E-state index is -4.45. The summed E-state index contributed by atoms with van der Waals surface area (Å²) >= 11 is 8.61. The normalized spacial score (nSPS) is 16.0. The maximum absolute atomic E-state index is 12.8. The van der Waals surface area contributed by atoms with Crippen LogP contribution in [0, 0.1) is 11.3 Å². The molecule has 0 saturated heterocycles. The molecule has 1 aliphatic carbocycles. The third kappa shape index (κ3) is 2.70. The number of hydrogen-bond donors (Lipinski definition) is 0. The molecular weight excluding hydrogens is 343 g/mol. The van der Waals surface area contributed by atoms with E-state index in [0.717, 1.165) is 0 Å². The minimum Gasteiger partial charge on any atom is -0.192 e. The Kier molecular flexibility index (Phi) is 3.75. The first kappa shape index (κ1) is 14.2. The van der Waals surface area contributed by atoms with Crippen molar-refractivity contribution in [3.63, 3.8) is 0 Å².